The summed E-state index contributed by atoms with van der Waals surface area (Å²) >= 11 is 0. The number of carbonyl (C=O) groups excluding carboxylic acids is 3. The first-order chi connectivity index (χ1) is 13.6. The van der Waals surface area contributed by atoms with E-state index in [1.807, 2.05) is 30.3 Å². The lowest BCUT2D eigenvalue weighted by Crippen LogP contribution is -2.59. The van der Waals surface area contributed by atoms with Gasteiger partial charge in [-0.25, -0.2) is 0 Å². The summed E-state index contributed by atoms with van der Waals surface area (Å²) in [4.78, 5) is 39.0. The molecule has 3 rings (SSSR count). The number of ether oxygens (including phenoxy) is 1. The fraction of sp³-hybridized carbons (Fsp3) is 0.571. The lowest BCUT2D eigenvalue weighted by atomic mass is 9.96. The van der Waals surface area contributed by atoms with Gasteiger partial charge in [-0.15, -0.1) is 0 Å². The Morgan fingerprint density at radius 2 is 2.00 bits per heavy atom. The van der Waals surface area contributed by atoms with Gasteiger partial charge in [-0.3, -0.25) is 14.4 Å². The summed E-state index contributed by atoms with van der Waals surface area (Å²) in [5.74, 6) is -0.868. The van der Waals surface area contributed by atoms with Crippen molar-refractivity contribution in [3.05, 3.63) is 35.9 Å². The number of amides is 2. The Labute approximate surface area is 165 Å². The molecule has 2 unspecified atom stereocenters. The third-order valence-corrected chi connectivity index (χ3v) is 5.34. The lowest BCUT2D eigenvalue weighted by Gasteiger charge is -2.37. The largest absolute Gasteiger partial charge is 0.466 e. The third kappa shape index (κ3) is 5.55. The highest BCUT2D eigenvalue weighted by molar-refractivity contribution is 5.92. The minimum absolute atomic E-state index is 0.0380. The van der Waals surface area contributed by atoms with Crippen molar-refractivity contribution in [2.45, 2.75) is 38.1 Å². The highest BCUT2D eigenvalue weighted by Crippen LogP contribution is 2.18. The predicted octanol–water partition coefficient (Wildman–Crippen LogP) is 0.879. The Kier molecular flexibility index (Phi) is 7.42. The topological polar surface area (TPSA) is 87.7 Å². The first-order valence-corrected chi connectivity index (χ1v) is 10.1. The number of esters is 1. The highest BCUT2D eigenvalue weighted by atomic mass is 16.5. The zero-order valence-corrected chi connectivity index (χ0v) is 16.2. The van der Waals surface area contributed by atoms with Crippen LogP contribution in [0.1, 0.15) is 31.2 Å². The molecule has 1 aromatic rings. The van der Waals surface area contributed by atoms with Crippen molar-refractivity contribution in [2.24, 2.45) is 5.92 Å². The number of nitrogens with zero attached hydrogens (tertiary/aromatic N) is 1. The van der Waals surface area contributed by atoms with Crippen LogP contribution in [0.4, 0.5) is 0 Å². The number of benzene rings is 1. The van der Waals surface area contributed by atoms with E-state index in [0.29, 0.717) is 26.2 Å². The summed E-state index contributed by atoms with van der Waals surface area (Å²) < 4.78 is 5.32. The first-order valence-electron chi connectivity index (χ1n) is 10.1. The van der Waals surface area contributed by atoms with E-state index in [4.69, 9.17) is 4.74 Å². The lowest BCUT2D eigenvalue weighted by molar-refractivity contribution is -0.153. The molecule has 2 atom stereocenters. The van der Waals surface area contributed by atoms with Gasteiger partial charge in [0, 0.05) is 19.6 Å². The summed E-state index contributed by atoms with van der Waals surface area (Å²) in [5.41, 5.74) is 1.20. The molecule has 7 heteroatoms. The van der Waals surface area contributed by atoms with Crippen LogP contribution in [0, 0.1) is 5.92 Å². The van der Waals surface area contributed by atoms with Crippen molar-refractivity contribution in [3.8, 4) is 0 Å². The highest BCUT2D eigenvalue weighted by Gasteiger charge is 2.38. The first kappa shape index (κ1) is 20.3. The Morgan fingerprint density at radius 3 is 2.75 bits per heavy atom. The van der Waals surface area contributed by atoms with Crippen LogP contribution >= 0.6 is 0 Å². The molecule has 152 valence electrons. The van der Waals surface area contributed by atoms with Gasteiger partial charge >= 0.3 is 5.97 Å². The van der Waals surface area contributed by atoms with Crippen molar-refractivity contribution in [1.82, 2.24) is 15.5 Å². The van der Waals surface area contributed by atoms with Gasteiger partial charge in [0.25, 0.3) is 0 Å². The van der Waals surface area contributed by atoms with E-state index in [2.05, 4.69) is 10.6 Å². The van der Waals surface area contributed by atoms with Crippen LogP contribution in [-0.2, 0) is 25.5 Å². The summed E-state index contributed by atoms with van der Waals surface area (Å²) in [6.45, 7) is 2.72. The molecule has 1 aromatic carbocycles. The van der Waals surface area contributed by atoms with Crippen molar-refractivity contribution in [1.29, 1.82) is 0 Å². The van der Waals surface area contributed by atoms with Gasteiger partial charge in [-0.2, -0.15) is 0 Å². The van der Waals surface area contributed by atoms with Crippen molar-refractivity contribution in [2.75, 3.05) is 32.8 Å². The molecule has 0 aliphatic carbocycles. The number of hydrogen-bond donors (Lipinski definition) is 2. The van der Waals surface area contributed by atoms with Crippen LogP contribution in [0.15, 0.2) is 30.3 Å². The second-order valence-corrected chi connectivity index (χ2v) is 7.40. The van der Waals surface area contributed by atoms with Crippen LogP contribution in [0.3, 0.4) is 0 Å². The maximum atomic E-state index is 12.9. The molecule has 2 heterocycles. The van der Waals surface area contributed by atoms with Gasteiger partial charge in [-0.05, 0) is 37.8 Å². The van der Waals surface area contributed by atoms with Crippen molar-refractivity contribution < 1.29 is 19.1 Å². The van der Waals surface area contributed by atoms with E-state index < -0.39 is 12.0 Å². The Morgan fingerprint density at radius 1 is 1.18 bits per heavy atom. The summed E-state index contributed by atoms with van der Waals surface area (Å²) in [6.07, 6.45) is 3.23. The summed E-state index contributed by atoms with van der Waals surface area (Å²) in [6, 6.07) is 9.24. The normalized spacial score (nSPS) is 22.4. The van der Waals surface area contributed by atoms with Gasteiger partial charge in [0.15, 0.2) is 0 Å². The second-order valence-electron chi connectivity index (χ2n) is 7.40. The van der Waals surface area contributed by atoms with Gasteiger partial charge in [0.1, 0.15) is 6.04 Å². The van der Waals surface area contributed by atoms with Crippen LogP contribution in [0.25, 0.3) is 0 Å². The van der Waals surface area contributed by atoms with Gasteiger partial charge in [0.05, 0.1) is 18.9 Å². The number of aryl methyl sites for hydroxylation is 1. The molecule has 0 spiro atoms. The minimum Gasteiger partial charge on any atom is -0.466 e. The van der Waals surface area contributed by atoms with E-state index >= 15 is 0 Å². The maximum absolute atomic E-state index is 12.9. The zero-order chi connectivity index (χ0) is 19.8. The Balaban J connectivity index is 1.48. The molecule has 0 aromatic heterocycles. The third-order valence-electron chi connectivity index (χ3n) is 5.34. The average Bonchev–Trinajstić information content (AvgIpc) is 2.73. The molecule has 2 N–H and O–H groups in total. The maximum Gasteiger partial charge on any atom is 0.308 e. The molecule has 28 heavy (non-hydrogen) atoms. The molecule has 0 bridgehead atoms. The monoisotopic (exact) mass is 387 g/mol. The van der Waals surface area contributed by atoms with Crippen molar-refractivity contribution >= 4 is 17.8 Å². The summed E-state index contributed by atoms with van der Waals surface area (Å²) in [5, 5.41) is 5.99. The fourth-order valence-corrected chi connectivity index (χ4v) is 3.80. The predicted molar refractivity (Wildman–Crippen MR) is 104 cm³/mol. The standard InChI is InChI=1S/C21H29N3O4/c25-19(28-13-5-8-16-6-2-1-3-7-16)14-18-20(26)23-11-12-24(18)21(27)17-9-4-10-22-15-17/h1-3,6-7,17-18,22H,4-5,8-15H2,(H,23,26). The fourth-order valence-electron chi connectivity index (χ4n) is 3.80. The zero-order valence-electron chi connectivity index (χ0n) is 16.2. The van der Waals surface area contributed by atoms with E-state index in [1.54, 1.807) is 4.90 Å². The molecule has 0 saturated carbocycles. The quantitative estimate of drug-likeness (QED) is 0.536. The SMILES string of the molecule is O=C(CC1C(=O)NCCN1C(=O)C1CCCNC1)OCCCc1ccccc1. The number of carbonyl (C=O) groups is 3. The average molecular weight is 387 g/mol. The Hall–Kier alpha value is -2.41. The number of piperazine rings is 1. The van der Waals surface area contributed by atoms with Gasteiger partial charge in [-0.1, -0.05) is 30.3 Å². The molecular formula is C21H29N3O4. The molecule has 0 radical (unpaired) electrons. The summed E-state index contributed by atoms with van der Waals surface area (Å²) in [7, 11) is 0. The van der Waals surface area contributed by atoms with Crippen LogP contribution in [0.5, 0.6) is 0 Å². The molecule has 2 amide bonds. The van der Waals surface area contributed by atoms with Gasteiger partial charge < -0.3 is 20.3 Å². The minimum atomic E-state index is -0.773. The van der Waals surface area contributed by atoms with E-state index in [-0.39, 0.29) is 24.2 Å². The Bertz CT molecular complexity index is 673. The van der Waals surface area contributed by atoms with Crippen LogP contribution < -0.4 is 10.6 Å². The second kappa shape index (κ2) is 10.2. The number of nitrogens with one attached hydrogen (secondary N) is 2. The molecule has 2 aliphatic heterocycles. The van der Waals surface area contributed by atoms with E-state index in [1.165, 1.54) is 5.56 Å². The van der Waals surface area contributed by atoms with Crippen LogP contribution in [0.2, 0.25) is 0 Å². The van der Waals surface area contributed by atoms with Crippen molar-refractivity contribution in [3.63, 3.8) is 0 Å². The van der Waals surface area contributed by atoms with Crippen LogP contribution in [-0.4, -0.2) is 61.5 Å². The molecule has 2 fully saturated rings. The number of piperidine rings is 1. The molecule has 7 nitrogen and oxygen atoms in total. The van der Waals surface area contributed by atoms with E-state index in [0.717, 1.165) is 32.2 Å². The van der Waals surface area contributed by atoms with Gasteiger partial charge in [0.2, 0.25) is 11.8 Å². The number of hydrogen-bond acceptors (Lipinski definition) is 5. The number of rotatable bonds is 7. The molecule has 2 saturated heterocycles. The van der Waals surface area contributed by atoms with E-state index in [9.17, 15) is 14.4 Å². The smallest absolute Gasteiger partial charge is 0.308 e. The molecular weight excluding hydrogens is 358 g/mol. The molecule has 2 aliphatic rings.